The molecule has 6 nitrogen and oxygen atoms in total. The third-order valence-corrected chi connectivity index (χ3v) is 6.73. The van der Waals surface area contributed by atoms with E-state index in [1.54, 1.807) is 24.3 Å². The van der Waals surface area contributed by atoms with Gasteiger partial charge in [-0.25, -0.2) is 13.2 Å². The van der Waals surface area contributed by atoms with Crippen LogP contribution in [-0.2, 0) is 22.9 Å². The molecule has 3 aromatic carbocycles. The summed E-state index contributed by atoms with van der Waals surface area (Å²) < 4.78 is 33.9. The molecule has 7 heteroatoms. The summed E-state index contributed by atoms with van der Waals surface area (Å²) in [6.45, 7) is 2.48. The van der Waals surface area contributed by atoms with Crippen LogP contribution >= 0.6 is 0 Å². The number of fused-ring (bicyclic) bond motifs is 1. The van der Waals surface area contributed by atoms with Crippen LogP contribution in [0, 0.1) is 0 Å². The van der Waals surface area contributed by atoms with Gasteiger partial charge in [0.15, 0.2) is 0 Å². The van der Waals surface area contributed by atoms with Gasteiger partial charge in [-0.2, -0.15) is 0 Å². The van der Waals surface area contributed by atoms with E-state index < -0.39 is 16.0 Å². The van der Waals surface area contributed by atoms with E-state index in [1.165, 1.54) is 12.1 Å². The number of nitrogens with one attached hydrogen (secondary N) is 1. The highest BCUT2D eigenvalue weighted by molar-refractivity contribution is 7.92. The van der Waals surface area contributed by atoms with Crippen molar-refractivity contribution in [2.75, 3.05) is 11.3 Å². The molecule has 0 spiro atoms. The number of sulfonamides is 1. The number of anilines is 1. The normalized spacial score (nSPS) is 12.9. The van der Waals surface area contributed by atoms with E-state index in [0.717, 1.165) is 47.3 Å². The Hall–Kier alpha value is -3.32. The fourth-order valence-corrected chi connectivity index (χ4v) is 4.92. The summed E-state index contributed by atoms with van der Waals surface area (Å²) in [6, 6.07) is 17.3. The number of carboxylic acids is 1. The Labute approximate surface area is 181 Å². The van der Waals surface area contributed by atoms with Crippen molar-refractivity contribution in [3.05, 3.63) is 77.4 Å². The zero-order valence-corrected chi connectivity index (χ0v) is 17.9. The van der Waals surface area contributed by atoms with E-state index in [9.17, 15) is 18.3 Å². The molecule has 0 saturated carbocycles. The van der Waals surface area contributed by atoms with Crippen molar-refractivity contribution >= 4 is 21.7 Å². The van der Waals surface area contributed by atoms with Crippen molar-refractivity contribution in [3.63, 3.8) is 0 Å². The van der Waals surface area contributed by atoms with E-state index >= 15 is 0 Å². The molecule has 0 unspecified atom stereocenters. The highest BCUT2D eigenvalue weighted by Crippen LogP contribution is 2.31. The van der Waals surface area contributed by atoms with Crippen LogP contribution in [0.1, 0.15) is 34.8 Å². The lowest BCUT2D eigenvalue weighted by atomic mass is 10.0. The molecule has 0 aromatic heterocycles. The van der Waals surface area contributed by atoms with Gasteiger partial charge in [-0.3, -0.25) is 4.72 Å². The van der Waals surface area contributed by atoms with Gasteiger partial charge >= 0.3 is 5.97 Å². The first-order valence-corrected chi connectivity index (χ1v) is 11.6. The van der Waals surface area contributed by atoms with Crippen molar-refractivity contribution in [3.8, 4) is 16.9 Å². The van der Waals surface area contributed by atoms with Gasteiger partial charge in [0.2, 0.25) is 0 Å². The molecule has 0 fully saturated rings. The zero-order valence-electron chi connectivity index (χ0n) is 17.1. The van der Waals surface area contributed by atoms with Gasteiger partial charge in [-0.05, 0) is 84.8 Å². The molecule has 0 aliphatic heterocycles. The number of aromatic carboxylic acids is 1. The first kappa shape index (κ1) is 20.9. The summed E-state index contributed by atoms with van der Waals surface area (Å²) in [4.78, 5) is 11.7. The number of hydrogen-bond donors (Lipinski definition) is 2. The Morgan fingerprint density at radius 3 is 2.39 bits per heavy atom. The number of benzene rings is 3. The van der Waals surface area contributed by atoms with Crippen molar-refractivity contribution in [2.45, 2.75) is 31.1 Å². The molecular weight excluding hydrogens is 414 g/mol. The van der Waals surface area contributed by atoms with Gasteiger partial charge < -0.3 is 9.84 Å². The van der Waals surface area contributed by atoms with Crippen molar-refractivity contribution in [1.82, 2.24) is 0 Å². The predicted octanol–water partition coefficient (Wildman–Crippen LogP) is 4.74. The van der Waals surface area contributed by atoms with E-state index in [2.05, 4.69) is 4.72 Å². The van der Waals surface area contributed by atoms with Crippen LogP contribution in [-0.4, -0.2) is 26.1 Å². The maximum atomic E-state index is 12.9. The lowest BCUT2D eigenvalue weighted by Gasteiger charge is -2.13. The molecule has 4 rings (SSSR count). The molecule has 31 heavy (non-hydrogen) atoms. The highest BCUT2D eigenvalue weighted by Gasteiger charge is 2.22. The van der Waals surface area contributed by atoms with Crippen LogP contribution in [0.4, 0.5) is 5.69 Å². The van der Waals surface area contributed by atoms with Crippen LogP contribution in [0.25, 0.3) is 11.1 Å². The highest BCUT2D eigenvalue weighted by atomic mass is 32.2. The Morgan fingerprint density at radius 2 is 1.71 bits per heavy atom. The van der Waals surface area contributed by atoms with Gasteiger partial charge in [0.25, 0.3) is 10.0 Å². The molecule has 1 aliphatic carbocycles. The number of carboxylic acid groups (broad SMARTS) is 1. The molecular formula is C24H23NO5S. The molecule has 0 radical (unpaired) electrons. The topological polar surface area (TPSA) is 92.7 Å². The van der Waals surface area contributed by atoms with Crippen LogP contribution in [0.15, 0.2) is 65.6 Å². The summed E-state index contributed by atoms with van der Waals surface area (Å²) >= 11 is 0. The standard InChI is InChI=1S/C24H23NO5S/c1-2-30-20-8-4-7-17(13-20)16-9-11-21(12-10-16)31(28,29)25-23-15-19-6-3-5-18(19)14-22(23)24(26)27/h4,7-15,25H,2-3,5-6H2,1H3,(H,26,27). The first-order chi connectivity index (χ1) is 14.9. The summed E-state index contributed by atoms with van der Waals surface area (Å²) in [6.07, 6.45) is 2.57. The Kier molecular flexibility index (Phi) is 5.69. The first-order valence-electron chi connectivity index (χ1n) is 10.1. The Bertz CT molecular complexity index is 1230. The maximum absolute atomic E-state index is 12.9. The molecule has 160 valence electrons. The summed E-state index contributed by atoms with van der Waals surface area (Å²) in [5, 5.41) is 9.54. The lowest BCUT2D eigenvalue weighted by Crippen LogP contribution is -2.16. The minimum atomic E-state index is -3.94. The Morgan fingerprint density at radius 1 is 1.00 bits per heavy atom. The number of rotatable bonds is 7. The molecule has 0 amide bonds. The monoisotopic (exact) mass is 437 g/mol. The van der Waals surface area contributed by atoms with Crippen molar-refractivity contribution in [1.29, 1.82) is 0 Å². The van der Waals surface area contributed by atoms with Gasteiger partial charge in [-0.1, -0.05) is 24.3 Å². The van der Waals surface area contributed by atoms with E-state index in [4.69, 9.17) is 4.74 Å². The molecule has 0 heterocycles. The molecule has 0 atom stereocenters. The number of ether oxygens (including phenoxy) is 1. The van der Waals surface area contributed by atoms with Gasteiger partial charge in [0, 0.05) is 0 Å². The fraction of sp³-hybridized carbons (Fsp3) is 0.208. The quantitative estimate of drug-likeness (QED) is 0.557. The second-order valence-corrected chi connectivity index (χ2v) is 9.10. The third-order valence-electron chi connectivity index (χ3n) is 5.35. The zero-order chi connectivity index (χ0) is 22.0. The lowest BCUT2D eigenvalue weighted by molar-refractivity contribution is 0.0698. The third kappa shape index (κ3) is 4.41. The minimum Gasteiger partial charge on any atom is -0.494 e. The van der Waals surface area contributed by atoms with Crippen LogP contribution in [0.3, 0.4) is 0 Å². The molecule has 2 N–H and O–H groups in total. The van der Waals surface area contributed by atoms with Crippen molar-refractivity contribution < 1.29 is 23.1 Å². The number of aryl methyl sites for hydroxylation is 2. The Balaban J connectivity index is 1.62. The van der Waals surface area contributed by atoms with Gasteiger partial charge in [-0.15, -0.1) is 0 Å². The fourth-order valence-electron chi connectivity index (χ4n) is 3.85. The maximum Gasteiger partial charge on any atom is 0.337 e. The van der Waals surface area contributed by atoms with E-state index in [-0.39, 0.29) is 16.1 Å². The summed E-state index contributed by atoms with van der Waals surface area (Å²) in [7, 11) is -3.94. The molecule has 0 saturated heterocycles. The molecule has 0 bridgehead atoms. The average molecular weight is 438 g/mol. The van der Waals surface area contributed by atoms with Gasteiger partial charge in [0.1, 0.15) is 5.75 Å². The largest absolute Gasteiger partial charge is 0.494 e. The second-order valence-electron chi connectivity index (χ2n) is 7.42. The number of carbonyl (C=O) groups is 1. The van der Waals surface area contributed by atoms with E-state index in [0.29, 0.717) is 6.61 Å². The van der Waals surface area contributed by atoms with Crippen molar-refractivity contribution in [2.24, 2.45) is 0 Å². The van der Waals surface area contributed by atoms with Gasteiger partial charge in [0.05, 0.1) is 22.8 Å². The van der Waals surface area contributed by atoms with E-state index in [1.807, 2.05) is 31.2 Å². The molecule has 3 aromatic rings. The number of hydrogen-bond acceptors (Lipinski definition) is 4. The van der Waals surface area contributed by atoms with Crippen LogP contribution < -0.4 is 9.46 Å². The summed E-state index contributed by atoms with van der Waals surface area (Å²) in [5.41, 5.74) is 3.79. The second kappa shape index (κ2) is 8.43. The van der Waals surface area contributed by atoms with Crippen LogP contribution in [0.2, 0.25) is 0 Å². The SMILES string of the molecule is CCOc1cccc(-c2ccc(S(=O)(=O)Nc3cc4c(cc3C(=O)O)CCC4)cc2)c1. The van der Waals surface area contributed by atoms with Crippen LogP contribution in [0.5, 0.6) is 5.75 Å². The molecule has 1 aliphatic rings. The average Bonchev–Trinajstić information content (AvgIpc) is 3.21. The predicted molar refractivity (Wildman–Crippen MR) is 119 cm³/mol. The summed E-state index contributed by atoms with van der Waals surface area (Å²) in [5.74, 6) is -0.409. The smallest absolute Gasteiger partial charge is 0.337 e. The minimum absolute atomic E-state index is 0.0337.